The molecule has 0 spiro atoms. The third-order valence-electron chi connectivity index (χ3n) is 5.86. The van der Waals surface area contributed by atoms with Gasteiger partial charge >= 0.3 is 0 Å². The smallest absolute Gasteiger partial charge is 0.276 e. The SMILES string of the molecule is COc1ccc(NC(=O)c2nn(-c3ccccc3F)c3c2CCC3)c(C(=O)NC2CC2)c1. The van der Waals surface area contributed by atoms with Crippen molar-refractivity contribution >= 4 is 17.5 Å². The van der Waals surface area contributed by atoms with Crippen molar-refractivity contribution in [1.82, 2.24) is 15.1 Å². The molecule has 164 valence electrons. The first-order valence-electron chi connectivity index (χ1n) is 10.7. The zero-order valence-electron chi connectivity index (χ0n) is 17.7. The zero-order valence-corrected chi connectivity index (χ0v) is 17.7. The van der Waals surface area contributed by atoms with Crippen LogP contribution in [0.25, 0.3) is 5.69 Å². The van der Waals surface area contributed by atoms with E-state index in [1.807, 2.05) is 0 Å². The number of hydrogen-bond acceptors (Lipinski definition) is 4. The molecule has 7 nitrogen and oxygen atoms in total. The van der Waals surface area contributed by atoms with Gasteiger partial charge in [0, 0.05) is 17.3 Å². The van der Waals surface area contributed by atoms with E-state index >= 15 is 0 Å². The van der Waals surface area contributed by atoms with Gasteiger partial charge < -0.3 is 15.4 Å². The number of carbonyl (C=O) groups excluding carboxylic acids is 2. The molecule has 2 N–H and O–H groups in total. The van der Waals surface area contributed by atoms with Gasteiger partial charge in [0.05, 0.1) is 18.4 Å². The maximum Gasteiger partial charge on any atom is 0.276 e. The fourth-order valence-corrected chi connectivity index (χ4v) is 4.06. The molecule has 0 atom stereocenters. The second-order valence-electron chi connectivity index (χ2n) is 8.10. The van der Waals surface area contributed by atoms with Crippen molar-refractivity contribution in [2.24, 2.45) is 0 Å². The van der Waals surface area contributed by atoms with Gasteiger partial charge in [-0.2, -0.15) is 5.10 Å². The molecule has 2 aliphatic rings. The van der Waals surface area contributed by atoms with Crippen LogP contribution in [-0.2, 0) is 12.8 Å². The monoisotopic (exact) mass is 434 g/mol. The Morgan fingerprint density at radius 3 is 2.69 bits per heavy atom. The highest BCUT2D eigenvalue weighted by molar-refractivity contribution is 6.09. The highest BCUT2D eigenvalue weighted by Crippen LogP contribution is 2.30. The Labute approximate surface area is 184 Å². The Morgan fingerprint density at radius 1 is 1.12 bits per heavy atom. The maximum absolute atomic E-state index is 14.4. The van der Waals surface area contributed by atoms with Gasteiger partial charge in [-0.1, -0.05) is 12.1 Å². The minimum absolute atomic E-state index is 0.178. The number of rotatable bonds is 6. The second-order valence-corrected chi connectivity index (χ2v) is 8.10. The second kappa shape index (κ2) is 8.11. The summed E-state index contributed by atoms with van der Waals surface area (Å²) in [7, 11) is 1.52. The average molecular weight is 434 g/mol. The number of nitrogens with zero attached hydrogens (tertiary/aromatic N) is 2. The van der Waals surface area contributed by atoms with Crippen LogP contribution in [0.2, 0.25) is 0 Å². The molecular formula is C24H23FN4O3. The van der Waals surface area contributed by atoms with Gasteiger partial charge in [0.2, 0.25) is 0 Å². The number of amides is 2. The van der Waals surface area contributed by atoms with Crippen molar-refractivity contribution in [2.75, 3.05) is 12.4 Å². The minimum Gasteiger partial charge on any atom is -0.497 e. The molecule has 0 radical (unpaired) electrons. The van der Waals surface area contributed by atoms with Gasteiger partial charge in [-0.05, 0) is 62.4 Å². The van der Waals surface area contributed by atoms with Crippen molar-refractivity contribution < 1.29 is 18.7 Å². The van der Waals surface area contributed by atoms with Crippen LogP contribution in [0.15, 0.2) is 42.5 Å². The van der Waals surface area contributed by atoms with Crippen LogP contribution in [0, 0.1) is 5.82 Å². The third-order valence-corrected chi connectivity index (χ3v) is 5.86. The maximum atomic E-state index is 14.4. The molecule has 2 aromatic carbocycles. The Morgan fingerprint density at radius 2 is 1.94 bits per heavy atom. The van der Waals surface area contributed by atoms with Crippen molar-refractivity contribution in [1.29, 1.82) is 0 Å². The van der Waals surface area contributed by atoms with Crippen molar-refractivity contribution in [3.8, 4) is 11.4 Å². The lowest BCUT2D eigenvalue weighted by Crippen LogP contribution is -2.27. The minimum atomic E-state index is -0.427. The summed E-state index contributed by atoms with van der Waals surface area (Å²) in [6.07, 6.45) is 4.21. The topological polar surface area (TPSA) is 85.2 Å². The zero-order chi connectivity index (χ0) is 22.2. The summed E-state index contributed by atoms with van der Waals surface area (Å²) in [5, 5.41) is 10.2. The van der Waals surface area contributed by atoms with Crippen molar-refractivity contribution in [3.63, 3.8) is 0 Å². The van der Waals surface area contributed by atoms with E-state index in [4.69, 9.17) is 4.74 Å². The first-order chi connectivity index (χ1) is 15.5. The van der Waals surface area contributed by atoms with Crippen molar-refractivity contribution in [3.05, 3.63) is 70.8 Å². The largest absolute Gasteiger partial charge is 0.497 e. The Balaban J connectivity index is 1.48. The number of ether oxygens (including phenoxy) is 1. The number of fused-ring (bicyclic) bond motifs is 1. The first-order valence-corrected chi connectivity index (χ1v) is 10.7. The van der Waals surface area contributed by atoms with E-state index in [1.165, 1.54) is 17.9 Å². The summed E-state index contributed by atoms with van der Waals surface area (Å²) in [4.78, 5) is 26.0. The van der Waals surface area contributed by atoms with Crippen LogP contribution in [0.1, 0.15) is 51.4 Å². The molecule has 1 heterocycles. The lowest BCUT2D eigenvalue weighted by atomic mass is 10.1. The number of hydrogen-bond donors (Lipinski definition) is 2. The summed E-state index contributed by atoms with van der Waals surface area (Å²) >= 11 is 0. The molecule has 2 aliphatic carbocycles. The normalized spacial score (nSPS) is 14.7. The molecule has 5 rings (SSSR count). The summed E-state index contributed by atoms with van der Waals surface area (Å²) in [6, 6.07) is 11.5. The van der Waals surface area contributed by atoms with Crippen molar-refractivity contribution in [2.45, 2.75) is 38.1 Å². The van der Waals surface area contributed by atoms with E-state index in [1.54, 1.807) is 36.4 Å². The van der Waals surface area contributed by atoms with E-state index in [-0.39, 0.29) is 17.6 Å². The number of nitrogens with one attached hydrogen (secondary N) is 2. The summed E-state index contributed by atoms with van der Waals surface area (Å²) in [5.74, 6) is -0.563. The van der Waals surface area contributed by atoms with Crippen LogP contribution < -0.4 is 15.4 Å². The molecule has 2 amide bonds. The lowest BCUT2D eigenvalue weighted by Gasteiger charge is -2.12. The fourth-order valence-electron chi connectivity index (χ4n) is 4.06. The molecule has 8 heteroatoms. The fraction of sp³-hybridized carbons (Fsp3) is 0.292. The van der Waals surface area contributed by atoms with Gasteiger partial charge in [0.15, 0.2) is 5.69 Å². The molecule has 0 saturated heterocycles. The molecule has 1 saturated carbocycles. The summed E-state index contributed by atoms with van der Waals surface area (Å²) in [6.45, 7) is 0. The average Bonchev–Trinajstić information content (AvgIpc) is 3.34. The van der Waals surface area contributed by atoms with E-state index in [2.05, 4.69) is 15.7 Å². The van der Waals surface area contributed by atoms with Gasteiger partial charge in [0.1, 0.15) is 17.3 Å². The molecule has 0 aliphatic heterocycles. The van der Waals surface area contributed by atoms with E-state index in [0.717, 1.165) is 36.9 Å². The predicted molar refractivity (Wildman–Crippen MR) is 117 cm³/mol. The molecule has 3 aromatic rings. The number of benzene rings is 2. The summed E-state index contributed by atoms with van der Waals surface area (Å²) in [5.41, 5.74) is 2.95. The van der Waals surface area contributed by atoms with Crippen LogP contribution in [0.4, 0.5) is 10.1 Å². The molecule has 1 aromatic heterocycles. The molecular weight excluding hydrogens is 411 g/mol. The number of aromatic nitrogens is 2. The first kappa shape index (κ1) is 20.2. The molecule has 1 fully saturated rings. The van der Waals surface area contributed by atoms with E-state index in [9.17, 15) is 14.0 Å². The van der Waals surface area contributed by atoms with Crippen LogP contribution in [-0.4, -0.2) is 34.7 Å². The van der Waals surface area contributed by atoms with E-state index < -0.39 is 11.7 Å². The summed E-state index contributed by atoms with van der Waals surface area (Å²) < 4.78 is 21.2. The third kappa shape index (κ3) is 3.72. The van der Waals surface area contributed by atoms with E-state index in [0.29, 0.717) is 29.1 Å². The molecule has 0 unspecified atom stereocenters. The Kier molecular flexibility index (Phi) is 5.13. The van der Waals surface area contributed by atoms with Gasteiger partial charge in [-0.25, -0.2) is 9.07 Å². The molecule has 32 heavy (non-hydrogen) atoms. The predicted octanol–water partition coefficient (Wildman–Crippen LogP) is 3.65. The lowest BCUT2D eigenvalue weighted by molar-refractivity contribution is 0.0951. The number of para-hydroxylation sites is 1. The molecule has 0 bridgehead atoms. The Hall–Kier alpha value is -3.68. The van der Waals surface area contributed by atoms with Crippen LogP contribution >= 0.6 is 0 Å². The van der Waals surface area contributed by atoms with Crippen LogP contribution in [0.3, 0.4) is 0 Å². The quantitative estimate of drug-likeness (QED) is 0.620. The number of methoxy groups -OCH3 is 1. The van der Waals surface area contributed by atoms with Gasteiger partial charge in [-0.15, -0.1) is 0 Å². The van der Waals surface area contributed by atoms with Gasteiger partial charge in [-0.3, -0.25) is 9.59 Å². The number of carbonyl (C=O) groups is 2. The number of halogens is 1. The van der Waals surface area contributed by atoms with Crippen LogP contribution in [0.5, 0.6) is 5.75 Å². The van der Waals surface area contributed by atoms with Gasteiger partial charge in [0.25, 0.3) is 11.8 Å². The standard InChI is InChI=1S/C24H23FN4O3/c1-32-15-11-12-19(17(13-15)23(30)26-14-9-10-14)27-24(31)22-16-5-4-8-20(16)29(28-22)21-7-3-2-6-18(21)25/h2-3,6-7,11-14H,4-5,8-10H2,1H3,(H,26,30)(H,27,31). The highest BCUT2D eigenvalue weighted by Gasteiger charge is 2.29. The number of anilines is 1. The highest BCUT2D eigenvalue weighted by atomic mass is 19.1. The Bertz CT molecular complexity index is 1220.